The third kappa shape index (κ3) is 3.71. The van der Waals surface area contributed by atoms with E-state index in [1.54, 1.807) is 0 Å². The first kappa shape index (κ1) is 19.8. The Hall–Kier alpha value is -1.45. The molecule has 0 radical (unpaired) electrons. The van der Waals surface area contributed by atoms with Crippen LogP contribution < -0.4 is 5.73 Å². The number of hydrogen-bond acceptors (Lipinski definition) is 1. The van der Waals surface area contributed by atoms with Gasteiger partial charge < -0.3 is 5.73 Å². The van der Waals surface area contributed by atoms with Gasteiger partial charge in [-0.3, -0.25) is 4.79 Å². The Morgan fingerprint density at radius 2 is 1.64 bits per heavy atom. The smallest absolute Gasteiger partial charge is 0.251 e. The molecule has 1 aromatic carbocycles. The lowest BCUT2D eigenvalue weighted by Gasteiger charge is -2.51. The Kier molecular flexibility index (Phi) is 5.76. The normalized spacial score (nSPS) is 35.1. The first-order chi connectivity index (χ1) is 13.5. The molecular weight excluding hydrogens is 356 g/mol. The summed E-state index contributed by atoms with van der Waals surface area (Å²) in [5, 5.41) is 0. The minimum absolute atomic E-state index is 0.0608. The van der Waals surface area contributed by atoms with E-state index < -0.39 is 17.5 Å². The Bertz CT molecular complexity index is 734. The number of hydrogen-bond donors (Lipinski definition) is 1. The highest BCUT2D eigenvalue weighted by Gasteiger charge is 2.44. The maximum Gasteiger partial charge on any atom is 0.251 e. The van der Waals surface area contributed by atoms with E-state index in [4.69, 9.17) is 5.73 Å². The Balaban J connectivity index is 1.46. The Labute approximate surface area is 167 Å². The van der Waals surface area contributed by atoms with Gasteiger partial charge in [-0.2, -0.15) is 0 Å². The van der Waals surface area contributed by atoms with Crippen molar-refractivity contribution < 1.29 is 13.6 Å². The van der Waals surface area contributed by atoms with Crippen molar-refractivity contribution in [1.29, 1.82) is 0 Å². The summed E-state index contributed by atoms with van der Waals surface area (Å²) in [4.78, 5) is 11.3. The zero-order valence-electron chi connectivity index (χ0n) is 16.9. The standard InChI is InChI=1S/C24H33F2NO/c1-2-3-14-4-8-18-15(10-14)5-6-16-11-17(7-9-19(16)18)20-12-23(26)21(24(27)28)13-22(20)25/h12-19H,2-11H2,1H3,(H2,27,28)/t14-,15+,16-,17?,18+,19-/m1/s1. The highest BCUT2D eigenvalue weighted by atomic mass is 19.1. The summed E-state index contributed by atoms with van der Waals surface area (Å²) in [6.07, 6.45) is 12.4. The fourth-order valence-corrected chi connectivity index (χ4v) is 6.91. The summed E-state index contributed by atoms with van der Waals surface area (Å²) in [7, 11) is 0. The molecule has 2 N–H and O–H groups in total. The van der Waals surface area contributed by atoms with E-state index in [0.717, 1.165) is 49.0 Å². The summed E-state index contributed by atoms with van der Waals surface area (Å²) in [5.74, 6) is 2.07. The van der Waals surface area contributed by atoms with Crippen molar-refractivity contribution in [3.8, 4) is 0 Å². The van der Waals surface area contributed by atoms with Crippen LogP contribution in [0.25, 0.3) is 0 Å². The van der Waals surface area contributed by atoms with Gasteiger partial charge in [0.1, 0.15) is 11.6 Å². The zero-order chi connectivity index (χ0) is 19.8. The largest absolute Gasteiger partial charge is 0.366 e. The molecule has 4 rings (SSSR count). The van der Waals surface area contributed by atoms with Crippen LogP contribution in [-0.2, 0) is 0 Å². The van der Waals surface area contributed by atoms with Crippen LogP contribution in [0.2, 0.25) is 0 Å². The highest BCUT2D eigenvalue weighted by Crippen LogP contribution is 2.55. The molecule has 3 aliphatic rings. The van der Waals surface area contributed by atoms with Gasteiger partial charge in [-0.05, 0) is 98.1 Å². The molecule has 0 spiro atoms. The molecule has 1 aromatic rings. The highest BCUT2D eigenvalue weighted by molar-refractivity contribution is 5.93. The van der Waals surface area contributed by atoms with Crippen molar-refractivity contribution in [2.24, 2.45) is 35.3 Å². The van der Waals surface area contributed by atoms with Crippen LogP contribution in [0, 0.1) is 41.2 Å². The summed E-state index contributed by atoms with van der Waals surface area (Å²) in [6, 6.07) is 2.22. The maximum absolute atomic E-state index is 14.6. The molecule has 0 bridgehead atoms. The second kappa shape index (κ2) is 8.12. The van der Waals surface area contributed by atoms with E-state index in [2.05, 4.69) is 6.92 Å². The number of amides is 1. The first-order valence-electron chi connectivity index (χ1n) is 11.3. The Morgan fingerprint density at radius 1 is 0.964 bits per heavy atom. The van der Waals surface area contributed by atoms with Crippen LogP contribution in [0.1, 0.15) is 93.0 Å². The summed E-state index contributed by atoms with van der Waals surface area (Å²) >= 11 is 0. The van der Waals surface area contributed by atoms with Crippen molar-refractivity contribution in [2.45, 2.75) is 77.0 Å². The zero-order valence-corrected chi connectivity index (χ0v) is 16.9. The molecule has 28 heavy (non-hydrogen) atoms. The molecule has 2 nitrogen and oxygen atoms in total. The molecule has 1 amide bonds. The lowest BCUT2D eigenvalue weighted by Crippen LogP contribution is -2.41. The van der Waals surface area contributed by atoms with Crippen molar-refractivity contribution in [1.82, 2.24) is 0 Å². The van der Waals surface area contributed by atoms with Gasteiger partial charge in [-0.1, -0.05) is 26.2 Å². The van der Waals surface area contributed by atoms with Gasteiger partial charge >= 0.3 is 0 Å². The third-order valence-corrected chi connectivity index (χ3v) is 8.14. The number of halogens is 2. The minimum atomic E-state index is -0.913. The van der Waals surface area contributed by atoms with Gasteiger partial charge in [0.25, 0.3) is 5.91 Å². The molecule has 1 unspecified atom stereocenters. The molecule has 154 valence electrons. The molecule has 0 aromatic heterocycles. The van der Waals surface area contributed by atoms with Crippen LogP contribution in [-0.4, -0.2) is 5.91 Å². The summed E-state index contributed by atoms with van der Waals surface area (Å²) < 4.78 is 28.8. The molecule has 0 heterocycles. The molecule has 3 saturated carbocycles. The van der Waals surface area contributed by atoms with Crippen molar-refractivity contribution in [3.63, 3.8) is 0 Å². The van der Waals surface area contributed by atoms with Crippen molar-refractivity contribution in [2.75, 3.05) is 0 Å². The number of rotatable bonds is 4. The molecule has 0 aliphatic heterocycles. The van der Waals surface area contributed by atoms with Crippen molar-refractivity contribution >= 4 is 5.91 Å². The van der Waals surface area contributed by atoms with E-state index in [1.165, 1.54) is 51.0 Å². The molecule has 3 fully saturated rings. The van der Waals surface area contributed by atoms with Gasteiger partial charge in [0, 0.05) is 0 Å². The van der Waals surface area contributed by atoms with Crippen molar-refractivity contribution in [3.05, 3.63) is 34.9 Å². The topological polar surface area (TPSA) is 43.1 Å². The van der Waals surface area contributed by atoms with E-state index >= 15 is 0 Å². The number of carbonyl (C=O) groups is 1. The number of nitrogens with two attached hydrogens (primary N) is 1. The second-order valence-electron chi connectivity index (χ2n) is 9.62. The van der Waals surface area contributed by atoms with Crippen LogP contribution in [0.4, 0.5) is 8.78 Å². The third-order valence-electron chi connectivity index (χ3n) is 8.14. The molecule has 3 aliphatic carbocycles. The van der Waals surface area contributed by atoms with E-state index in [9.17, 15) is 13.6 Å². The fourth-order valence-electron chi connectivity index (χ4n) is 6.91. The number of primary amides is 1. The maximum atomic E-state index is 14.6. The number of benzene rings is 1. The second-order valence-corrected chi connectivity index (χ2v) is 9.62. The van der Waals surface area contributed by atoms with Gasteiger partial charge in [0.2, 0.25) is 0 Å². The number of fused-ring (bicyclic) bond motifs is 3. The van der Waals surface area contributed by atoms with Crippen LogP contribution >= 0.6 is 0 Å². The van der Waals surface area contributed by atoms with Gasteiger partial charge in [-0.25, -0.2) is 8.78 Å². The molecule has 0 saturated heterocycles. The Morgan fingerprint density at radius 3 is 2.32 bits per heavy atom. The predicted molar refractivity (Wildman–Crippen MR) is 107 cm³/mol. The van der Waals surface area contributed by atoms with E-state index in [-0.39, 0.29) is 11.5 Å². The SMILES string of the molecule is CCC[C@@H]1CC[C@H]2[C@@H](CC[C@@H]3CC(c4cc(F)c(C(N)=O)cc4F)CC[C@H]32)C1. The quantitative estimate of drug-likeness (QED) is 0.655. The molecular formula is C24H33F2NO. The van der Waals surface area contributed by atoms with Gasteiger partial charge in [0.05, 0.1) is 5.56 Å². The lowest BCUT2D eigenvalue weighted by atomic mass is 9.54. The predicted octanol–water partition coefficient (Wildman–Crippen LogP) is 6.19. The van der Waals surface area contributed by atoms with Crippen LogP contribution in [0.5, 0.6) is 0 Å². The molecule has 4 heteroatoms. The van der Waals surface area contributed by atoms with Gasteiger partial charge in [0.15, 0.2) is 0 Å². The van der Waals surface area contributed by atoms with E-state index in [0.29, 0.717) is 11.5 Å². The summed E-state index contributed by atoms with van der Waals surface area (Å²) in [5.41, 5.74) is 5.24. The van der Waals surface area contributed by atoms with Crippen LogP contribution in [0.3, 0.4) is 0 Å². The monoisotopic (exact) mass is 389 g/mol. The number of carbonyl (C=O) groups excluding carboxylic acids is 1. The average molecular weight is 390 g/mol. The van der Waals surface area contributed by atoms with Gasteiger partial charge in [-0.15, -0.1) is 0 Å². The van der Waals surface area contributed by atoms with Crippen LogP contribution in [0.15, 0.2) is 12.1 Å². The summed E-state index contributed by atoms with van der Waals surface area (Å²) in [6.45, 7) is 2.29. The lowest BCUT2D eigenvalue weighted by molar-refractivity contribution is 0.00515. The van der Waals surface area contributed by atoms with E-state index in [1.807, 2.05) is 0 Å². The first-order valence-corrected chi connectivity index (χ1v) is 11.3. The molecule has 6 atom stereocenters. The minimum Gasteiger partial charge on any atom is -0.366 e. The fraction of sp³-hybridized carbons (Fsp3) is 0.708. The average Bonchev–Trinajstić information content (AvgIpc) is 2.68.